The number of aromatic nitrogens is 1. The maximum absolute atomic E-state index is 4.58. The summed E-state index contributed by atoms with van der Waals surface area (Å²) in [6, 6.07) is 10.6. The average molecular weight is 344 g/mol. The van der Waals surface area contributed by atoms with E-state index < -0.39 is 6.69 Å². The molecule has 3 heteroatoms. The Morgan fingerprint density at radius 3 is 2.55 bits per heavy atom. The molecule has 1 aromatic carbocycles. The van der Waals surface area contributed by atoms with Crippen LogP contribution in [0.3, 0.4) is 0 Å². The summed E-state index contributed by atoms with van der Waals surface area (Å²) in [6.07, 6.45) is 6.67. The summed E-state index contributed by atoms with van der Waals surface area (Å²) in [5, 5.41) is 2.73. The predicted molar refractivity (Wildman–Crippen MR) is 92.7 cm³/mol. The lowest BCUT2D eigenvalue weighted by molar-refractivity contribution is 1.10. The van der Waals surface area contributed by atoms with Crippen LogP contribution < -0.4 is 0 Å². The van der Waals surface area contributed by atoms with E-state index in [1.165, 1.54) is 21.7 Å². The lowest BCUT2D eigenvalue weighted by Crippen LogP contribution is -2.19. The van der Waals surface area contributed by atoms with Gasteiger partial charge in [-0.05, 0) is 23.7 Å². The molecule has 2 aromatic rings. The standard InChI is InChI=1S/C17H18BrNSi/c1-12-10-14(11-16(12)20(2,3)18)15-8-4-6-13-7-5-9-19-17(13)15/h4-11,14H,1-3H3. The fraction of sp³-hybridized carbons (Fsp3) is 0.235. The first-order valence-electron chi connectivity index (χ1n) is 6.90. The highest BCUT2D eigenvalue weighted by Crippen LogP contribution is 2.39. The summed E-state index contributed by atoms with van der Waals surface area (Å²) in [4.78, 5) is 4.58. The number of hydrogen-bond donors (Lipinski definition) is 0. The normalized spacial score (nSPS) is 19.1. The van der Waals surface area contributed by atoms with Crippen LogP contribution in [0.4, 0.5) is 0 Å². The molecule has 0 radical (unpaired) electrons. The maximum atomic E-state index is 4.58. The first-order valence-corrected chi connectivity index (χ1v) is 12.2. The molecule has 3 rings (SSSR count). The molecule has 0 bridgehead atoms. The quantitative estimate of drug-likeness (QED) is 0.529. The number of nitrogens with zero attached hydrogens (tertiary/aromatic N) is 1. The lowest BCUT2D eigenvalue weighted by atomic mass is 9.97. The Hall–Kier alpha value is -1.19. The summed E-state index contributed by atoms with van der Waals surface area (Å²) in [7, 11) is 0. The van der Waals surface area contributed by atoms with Gasteiger partial charge in [-0.15, -0.1) is 15.3 Å². The van der Waals surface area contributed by atoms with Gasteiger partial charge in [-0.1, -0.05) is 55.1 Å². The van der Waals surface area contributed by atoms with Gasteiger partial charge in [0.05, 0.1) is 5.52 Å². The molecule has 0 amide bonds. The minimum absolute atomic E-state index is 0.355. The largest absolute Gasteiger partial charge is 0.256 e. The van der Waals surface area contributed by atoms with Crippen LogP contribution in [0.15, 0.2) is 59.5 Å². The van der Waals surface area contributed by atoms with Crippen molar-refractivity contribution in [2.24, 2.45) is 0 Å². The van der Waals surface area contributed by atoms with Gasteiger partial charge in [-0.2, -0.15) is 0 Å². The van der Waals surface area contributed by atoms with Gasteiger partial charge in [0.15, 0.2) is 6.69 Å². The predicted octanol–water partition coefficient (Wildman–Crippen LogP) is 5.34. The van der Waals surface area contributed by atoms with E-state index in [9.17, 15) is 0 Å². The van der Waals surface area contributed by atoms with E-state index in [-0.39, 0.29) is 0 Å². The van der Waals surface area contributed by atoms with Crippen LogP contribution in [0.2, 0.25) is 13.1 Å². The zero-order valence-electron chi connectivity index (χ0n) is 12.0. The Labute approximate surface area is 129 Å². The van der Waals surface area contributed by atoms with Crippen molar-refractivity contribution in [3.8, 4) is 0 Å². The minimum Gasteiger partial charge on any atom is -0.256 e. The number of para-hydroxylation sites is 1. The molecule has 1 aliphatic rings. The maximum Gasteiger partial charge on any atom is 0.154 e. The van der Waals surface area contributed by atoms with Crippen LogP contribution in [0.1, 0.15) is 18.4 Å². The summed E-state index contributed by atoms with van der Waals surface area (Å²) < 4.78 is 0. The number of pyridine rings is 1. The zero-order valence-corrected chi connectivity index (χ0v) is 14.6. The van der Waals surface area contributed by atoms with E-state index in [1.807, 2.05) is 12.3 Å². The Morgan fingerprint density at radius 1 is 1.10 bits per heavy atom. The Bertz CT molecular complexity index is 720. The summed E-state index contributed by atoms with van der Waals surface area (Å²) >= 11 is 3.91. The third kappa shape index (κ3) is 2.40. The number of rotatable bonds is 2. The van der Waals surface area contributed by atoms with E-state index in [4.69, 9.17) is 0 Å². The second-order valence-electron chi connectivity index (χ2n) is 5.85. The Kier molecular flexibility index (Phi) is 3.42. The second kappa shape index (κ2) is 4.97. The highest BCUT2D eigenvalue weighted by atomic mass is 79.9. The van der Waals surface area contributed by atoms with Crippen molar-refractivity contribution in [1.29, 1.82) is 0 Å². The molecule has 1 aliphatic carbocycles. The molecule has 0 spiro atoms. The summed E-state index contributed by atoms with van der Waals surface area (Å²) in [6.45, 7) is 5.44. The molecule has 1 nitrogen and oxygen atoms in total. The molecule has 1 aromatic heterocycles. The molecule has 20 heavy (non-hydrogen) atoms. The smallest absolute Gasteiger partial charge is 0.154 e. The van der Waals surface area contributed by atoms with Crippen molar-refractivity contribution in [3.05, 3.63) is 65.0 Å². The summed E-state index contributed by atoms with van der Waals surface area (Å²) in [5.41, 5.74) is 3.84. The van der Waals surface area contributed by atoms with Gasteiger partial charge >= 0.3 is 0 Å². The molecule has 0 saturated carbocycles. The van der Waals surface area contributed by atoms with Crippen LogP contribution in [0.5, 0.6) is 0 Å². The molecule has 0 saturated heterocycles. The van der Waals surface area contributed by atoms with Crippen LogP contribution in [-0.4, -0.2) is 11.7 Å². The molecule has 102 valence electrons. The van der Waals surface area contributed by atoms with Gasteiger partial charge in [0, 0.05) is 17.5 Å². The van der Waals surface area contributed by atoms with Gasteiger partial charge in [0.2, 0.25) is 0 Å². The second-order valence-corrected chi connectivity index (χ2v) is 15.3. The monoisotopic (exact) mass is 343 g/mol. The van der Waals surface area contributed by atoms with E-state index >= 15 is 0 Å². The van der Waals surface area contributed by atoms with Gasteiger partial charge in [0.25, 0.3) is 0 Å². The van der Waals surface area contributed by atoms with Gasteiger partial charge in [-0.3, -0.25) is 4.98 Å². The number of allylic oxidation sites excluding steroid dienone is 4. The van der Waals surface area contributed by atoms with E-state index in [2.05, 4.69) is 76.7 Å². The SMILES string of the molecule is CC1=CC(c2cccc3cccnc23)C=C1[Si](C)(C)Br. The molecule has 1 atom stereocenters. The zero-order chi connectivity index (χ0) is 14.3. The van der Waals surface area contributed by atoms with E-state index in [0.29, 0.717) is 5.92 Å². The number of hydrogen-bond acceptors (Lipinski definition) is 1. The lowest BCUT2D eigenvalue weighted by Gasteiger charge is -2.16. The molecule has 1 unspecified atom stereocenters. The van der Waals surface area contributed by atoms with Gasteiger partial charge < -0.3 is 0 Å². The van der Waals surface area contributed by atoms with Crippen molar-refractivity contribution in [2.45, 2.75) is 25.9 Å². The van der Waals surface area contributed by atoms with Crippen molar-refractivity contribution in [2.75, 3.05) is 0 Å². The van der Waals surface area contributed by atoms with Crippen LogP contribution >= 0.6 is 15.3 Å². The Morgan fingerprint density at radius 2 is 1.85 bits per heavy atom. The van der Waals surface area contributed by atoms with Crippen LogP contribution in [0, 0.1) is 0 Å². The molecular weight excluding hydrogens is 326 g/mol. The molecule has 0 fully saturated rings. The highest BCUT2D eigenvalue weighted by molar-refractivity contribution is 9.26. The topological polar surface area (TPSA) is 12.9 Å². The van der Waals surface area contributed by atoms with Gasteiger partial charge in [0.1, 0.15) is 0 Å². The van der Waals surface area contributed by atoms with Crippen LogP contribution in [-0.2, 0) is 0 Å². The highest BCUT2D eigenvalue weighted by Gasteiger charge is 2.29. The third-order valence-electron chi connectivity index (χ3n) is 3.86. The third-order valence-corrected chi connectivity index (χ3v) is 6.99. The van der Waals surface area contributed by atoms with Crippen LogP contribution in [0.25, 0.3) is 10.9 Å². The fourth-order valence-corrected chi connectivity index (χ4v) is 5.89. The Balaban J connectivity index is 2.12. The summed E-state index contributed by atoms with van der Waals surface area (Å²) in [5.74, 6) is 0.355. The van der Waals surface area contributed by atoms with Crippen molar-refractivity contribution >= 4 is 32.9 Å². The molecular formula is C17H18BrNSi. The average Bonchev–Trinajstić information content (AvgIpc) is 2.80. The molecule has 1 heterocycles. The minimum atomic E-state index is -1.44. The van der Waals surface area contributed by atoms with Crippen molar-refractivity contribution in [3.63, 3.8) is 0 Å². The van der Waals surface area contributed by atoms with Crippen molar-refractivity contribution in [1.82, 2.24) is 4.98 Å². The van der Waals surface area contributed by atoms with Gasteiger partial charge in [-0.25, -0.2) is 0 Å². The number of fused-ring (bicyclic) bond motifs is 1. The van der Waals surface area contributed by atoms with E-state index in [0.717, 1.165) is 5.52 Å². The number of benzene rings is 1. The molecule has 0 aliphatic heterocycles. The molecule has 0 N–H and O–H groups in total. The number of halogens is 1. The first-order chi connectivity index (χ1) is 9.47. The van der Waals surface area contributed by atoms with E-state index in [1.54, 1.807) is 0 Å². The fourth-order valence-electron chi connectivity index (χ4n) is 2.96. The van der Waals surface area contributed by atoms with Crippen molar-refractivity contribution < 1.29 is 0 Å². The first kappa shape index (κ1) is 13.8.